The number of hydrogen-bond donors (Lipinski definition) is 3. The van der Waals surface area contributed by atoms with Crippen LogP contribution in [0.25, 0.3) is 21.9 Å². The van der Waals surface area contributed by atoms with Gasteiger partial charge in [-0.25, -0.2) is 15.0 Å². The van der Waals surface area contributed by atoms with Crippen molar-refractivity contribution in [3.05, 3.63) is 53.4 Å². The molecule has 1 aliphatic heterocycles. The molecule has 0 aliphatic carbocycles. The number of nitrogen functional groups attached to an aromatic ring is 2. The van der Waals surface area contributed by atoms with Gasteiger partial charge < -0.3 is 25.9 Å². The average Bonchev–Trinajstić information content (AvgIpc) is 3.31. The van der Waals surface area contributed by atoms with Gasteiger partial charge in [0.2, 0.25) is 0 Å². The van der Waals surface area contributed by atoms with Gasteiger partial charge in [0.1, 0.15) is 29.8 Å². The van der Waals surface area contributed by atoms with Crippen LogP contribution in [-0.4, -0.2) is 36.8 Å². The van der Waals surface area contributed by atoms with E-state index in [1.807, 2.05) is 41.1 Å². The second-order valence-corrected chi connectivity index (χ2v) is 7.98. The Morgan fingerprint density at radius 3 is 2.90 bits per heavy atom. The van der Waals surface area contributed by atoms with Crippen LogP contribution in [0.5, 0.6) is 0 Å². The maximum Gasteiger partial charge on any atom is 0.147 e. The first-order valence-electron chi connectivity index (χ1n) is 9.75. The topological polar surface area (TPSA) is 125 Å². The number of ether oxygens (including phenoxy) is 1. The van der Waals surface area contributed by atoms with Crippen LogP contribution in [0.3, 0.4) is 0 Å². The van der Waals surface area contributed by atoms with Gasteiger partial charge in [-0.15, -0.1) is 0 Å². The van der Waals surface area contributed by atoms with Crippen molar-refractivity contribution in [2.24, 2.45) is 0 Å². The normalized spacial score (nSPS) is 21.6. The van der Waals surface area contributed by atoms with Gasteiger partial charge in [-0.3, -0.25) is 0 Å². The fourth-order valence-corrected chi connectivity index (χ4v) is 4.19. The minimum atomic E-state index is -0.556. The molecule has 0 saturated carbocycles. The Balaban J connectivity index is 1.31. The van der Waals surface area contributed by atoms with E-state index in [-0.39, 0.29) is 12.3 Å². The van der Waals surface area contributed by atoms with Gasteiger partial charge in [-0.05, 0) is 36.6 Å². The molecule has 0 radical (unpaired) electrons. The largest absolute Gasteiger partial charge is 0.390 e. The van der Waals surface area contributed by atoms with E-state index in [4.69, 9.17) is 27.8 Å². The Morgan fingerprint density at radius 2 is 2.03 bits per heavy atom. The number of aliphatic hydroxyl groups excluding tert-OH is 1. The molecule has 30 heavy (non-hydrogen) atoms. The Labute approximate surface area is 177 Å². The Hall–Kier alpha value is -2.94. The van der Waals surface area contributed by atoms with Gasteiger partial charge in [0.25, 0.3) is 0 Å². The van der Waals surface area contributed by atoms with E-state index in [9.17, 15) is 5.11 Å². The second-order valence-electron chi connectivity index (χ2n) is 7.57. The SMILES string of the molecule is Nc1nc2cc(CCC3OC(n4ccc5c(N)ncnc54)CC3O)ccc2cc1Cl. The van der Waals surface area contributed by atoms with Crippen molar-refractivity contribution in [1.29, 1.82) is 0 Å². The average molecular weight is 425 g/mol. The summed E-state index contributed by atoms with van der Waals surface area (Å²) in [6.07, 6.45) is 4.11. The molecule has 4 heterocycles. The maximum absolute atomic E-state index is 10.6. The van der Waals surface area contributed by atoms with Gasteiger partial charge in [-0.2, -0.15) is 0 Å². The summed E-state index contributed by atoms with van der Waals surface area (Å²) in [4.78, 5) is 12.7. The van der Waals surface area contributed by atoms with E-state index in [1.54, 1.807) is 0 Å². The standard InChI is InChI=1S/C21H21ClN6O2/c22-14-8-12-3-1-11(7-15(12)27-20(14)24)2-4-17-16(29)9-18(30-17)28-6-5-13-19(23)25-10-26-21(13)28/h1,3,5-8,10,16-18,29H,2,4,9H2,(H2,24,27)(H2,23,25,26). The fraction of sp³-hybridized carbons (Fsp3) is 0.286. The van der Waals surface area contributed by atoms with Crippen molar-refractivity contribution in [3.63, 3.8) is 0 Å². The van der Waals surface area contributed by atoms with Gasteiger partial charge in [0.15, 0.2) is 0 Å². The van der Waals surface area contributed by atoms with E-state index >= 15 is 0 Å². The molecule has 5 N–H and O–H groups in total. The zero-order valence-corrected chi connectivity index (χ0v) is 16.8. The van der Waals surface area contributed by atoms with E-state index in [0.717, 1.165) is 28.3 Å². The van der Waals surface area contributed by atoms with Gasteiger partial charge in [0.05, 0.1) is 28.1 Å². The Morgan fingerprint density at radius 1 is 1.17 bits per heavy atom. The molecule has 1 aromatic carbocycles. The second kappa shape index (κ2) is 7.39. The minimum Gasteiger partial charge on any atom is -0.390 e. The molecule has 154 valence electrons. The number of anilines is 2. The third-order valence-corrected chi connectivity index (χ3v) is 5.94. The van der Waals surface area contributed by atoms with Crippen LogP contribution in [-0.2, 0) is 11.2 Å². The monoisotopic (exact) mass is 424 g/mol. The molecule has 1 saturated heterocycles. The lowest BCUT2D eigenvalue weighted by Crippen LogP contribution is -2.21. The highest BCUT2D eigenvalue weighted by atomic mass is 35.5. The highest BCUT2D eigenvalue weighted by Gasteiger charge is 2.35. The molecule has 3 unspecified atom stereocenters. The smallest absolute Gasteiger partial charge is 0.147 e. The first-order valence-corrected chi connectivity index (χ1v) is 10.1. The van der Waals surface area contributed by atoms with Crippen LogP contribution >= 0.6 is 11.6 Å². The molecule has 0 bridgehead atoms. The minimum absolute atomic E-state index is 0.273. The van der Waals surface area contributed by atoms with Crippen LogP contribution in [0.4, 0.5) is 11.6 Å². The van der Waals surface area contributed by atoms with Crippen molar-refractivity contribution in [1.82, 2.24) is 19.5 Å². The number of nitrogens with zero attached hydrogens (tertiary/aromatic N) is 4. The van der Waals surface area contributed by atoms with E-state index in [1.165, 1.54) is 6.33 Å². The molecule has 0 spiro atoms. The molecule has 3 atom stereocenters. The van der Waals surface area contributed by atoms with Crippen molar-refractivity contribution in [2.75, 3.05) is 11.5 Å². The number of rotatable bonds is 4. The maximum atomic E-state index is 10.6. The lowest BCUT2D eigenvalue weighted by atomic mass is 10.0. The number of aryl methyl sites for hydroxylation is 1. The molecule has 0 amide bonds. The third-order valence-electron chi connectivity index (χ3n) is 5.63. The molecule has 1 aliphatic rings. The zero-order valence-electron chi connectivity index (χ0n) is 16.1. The molecule has 3 aromatic heterocycles. The van der Waals surface area contributed by atoms with Gasteiger partial charge >= 0.3 is 0 Å². The van der Waals surface area contributed by atoms with E-state index in [2.05, 4.69) is 15.0 Å². The summed E-state index contributed by atoms with van der Waals surface area (Å²) >= 11 is 6.04. The van der Waals surface area contributed by atoms with E-state index in [0.29, 0.717) is 35.1 Å². The lowest BCUT2D eigenvalue weighted by molar-refractivity contribution is -0.0203. The van der Waals surface area contributed by atoms with Crippen molar-refractivity contribution in [3.8, 4) is 0 Å². The summed E-state index contributed by atoms with van der Waals surface area (Å²) in [7, 11) is 0. The number of nitrogens with two attached hydrogens (primary N) is 2. The molecular formula is C21H21ClN6O2. The molecule has 1 fully saturated rings. The number of benzene rings is 1. The quantitative estimate of drug-likeness (QED) is 0.459. The Kier molecular flexibility index (Phi) is 4.69. The number of aromatic nitrogens is 4. The molecule has 8 nitrogen and oxygen atoms in total. The van der Waals surface area contributed by atoms with Crippen LogP contribution < -0.4 is 11.5 Å². The summed E-state index contributed by atoms with van der Waals surface area (Å²) in [6.45, 7) is 0. The van der Waals surface area contributed by atoms with Crippen LogP contribution in [0.1, 0.15) is 24.6 Å². The molecular weight excluding hydrogens is 404 g/mol. The first kappa shape index (κ1) is 19.0. The van der Waals surface area contributed by atoms with Crippen LogP contribution in [0, 0.1) is 0 Å². The summed E-state index contributed by atoms with van der Waals surface area (Å²) in [5, 5.41) is 12.7. The highest BCUT2D eigenvalue weighted by Crippen LogP contribution is 2.34. The molecule has 5 rings (SSSR count). The van der Waals surface area contributed by atoms with Gasteiger partial charge in [0, 0.05) is 18.0 Å². The van der Waals surface area contributed by atoms with Crippen molar-refractivity contribution >= 4 is 45.2 Å². The first-order chi connectivity index (χ1) is 14.5. The van der Waals surface area contributed by atoms with E-state index < -0.39 is 6.10 Å². The van der Waals surface area contributed by atoms with Crippen LogP contribution in [0.2, 0.25) is 5.02 Å². The van der Waals surface area contributed by atoms with Crippen LogP contribution in [0.15, 0.2) is 42.9 Å². The summed E-state index contributed by atoms with van der Waals surface area (Å²) < 4.78 is 8.07. The predicted molar refractivity (Wildman–Crippen MR) is 116 cm³/mol. The Bertz CT molecular complexity index is 1240. The summed E-state index contributed by atoms with van der Waals surface area (Å²) in [5.41, 5.74) is 14.3. The summed E-state index contributed by atoms with van der Waals surface area (Å²) in [5.74, 6) is 0.753. The van der Waals surface area contributed by atoms with Crippen molar-refractivity contribution < 1.29 is 9.84 Å². The number of pyridine rings is 1. The summed E-state index contributed by atoms with van der Waals surface area (Å²) in [6, 6.07) is 9.70. The zero-order chi connectivity index (χ0) is 20.8. The highest BCUT2D eigenvalue weighted by molar-refractivity contribution is 6.33. The van der Waals surface area contributed by atoms with Gasteiger partial charge in [-0.1, -0.05) is 23.7 Å². The lowest BCUT2D eigenvalue weighted by Gasteiger charge is -2.16. The number of fused-ring (bicyclic) bond motifs is 2. The number of aliphatic hydroxyl groups is 1. The predicted octanol–water partition coefficient (Wildman–Crippen LogP) is 3.08. The van der Waals surface area contributed by atoms with Crippen molar-refractivity contribution in [2.45, 2.75) is 37.7 Å². The fourth-order valence-electron chi connectivity index (χ4n) is 4.04. The molecule has 4 aromatic rings. The number of hydrogen-bond acceptors (Lipinski definition) is 7. The third kappa shape index (κ3) is 3.32. The number of halogens is 1. The molecule has 9 heteroatoms.